The van der Waals surface area contributed by atoms with Crippen LogP contribution in [0.15, 0.2) is 23.1 Å². The third-order valence-corrected chi connectivity index (χ3v) is 5.01. The van der Waals surface area contributed by atoms with Crippen LogP contribution in [0.2, 0.25) is 0 Å². The summed E-state index contributed by atoms with van der Waals surface area (Å²) in [5.74, 6) is 0.260. The molecule has 94 valence electrons. The number of thioether (sulfide) groups is 1. The third kappa shape index (κ3) is 1.48. The summed E-state index contributed by atoms with van der Waals surface area (Å²) in [4.78, 5) is 13.2. The molecule has 4 heteroatoms. The molecule has 0 spiro atoms. The van der Waals surface area contributed by atoms with Crippen molar-refractivity contribution in [1.82, 2.24) is 4.57 Å². The summed E-state index contributed by atoms with van der Waals surface area (Å²) in [5.41, 5.74) is 1.85. The first-order chi connectivity index (χ1) is 8.40. The van der Waals surface area contributed by atoms with Gasteiger partial charge in [0.1, 0.15) is 5.75 Å². The van der Waals surface area contributed by atoms with Gasteiger partial charge in [0.05, 0.1) is 5.52 Å². The molecular weight excluding hydrogens is 246 g/mol. The van der Waals surface area contributed by atoms with Gasteiger partial charge in [-0.1, -0.05) is 13.8 Å². The average Bonchev–Trinajstić information content (AvgIpc) is 2.54. The first kappa shape index (κ1) is 11.7. The predicted molar refractivity (Wildman–Crippen MR) is 72.9 cm³/mol. The van der Waals surface area contributed by atoms with Crippen molar-refractivity contribution in [1.29, 1.82) is 0 Å². The Bertz CT molecular complexity index is 670. The van der Waals surface area contributed by atoms with Crippen molar-refractivity contribution in [2.24, 2.45) is 12.5 Å². The minimum absolute atomic E-state index is 0.218. The van der Waals surface area contributed by atoms with Gasteiger partial charge in [-0.3, -0.25) is 4.79 Å². The van der Waals surface area contributed by atoms with Crippen LogP contribution in [-0.2, 0) is 18.3 Å². The molecule has 1 aromatic carbocycles. The van der Waals surface area contributed by atoms with Crippen LogP contribution in [0.1, 0.15) is 19.5 Å². The Balaban J connectivity index is 2.31. The number of carbonyl (C=O) groups excluding carboxylic acids is 1. The van der Waals surface area contributed by atoms with Crippen LogP contribution in [-0.4, -0.2) is 14.8 Å². The Labute approximate surface area is 110 Å². The van der Waals surface area contributed by atoms with E-state index in [1.165, 1.54) is 17.5 Å². The highest BCUT2D eigenvalue weighted by Crippen LogP contribution is 2.45. The molecule has 1 aliphatic heterocycles. The number of aromatic nitrogens is 1. The highest BCUT2D eigenvalue weighted by atomic mass is 32.2. The topological polar surface area (TPSA) is 42.2 Å². The van der Waals surface area contributed by atoms with Crippen LogP contribution in [0.3, 0.4) is 0 Å². The van der Waals surface area contributed by atoms with E-state index >= 15 is 0 Å². The van der Waals surface area contributed by atoms with Crippen molar-refractivity contribution < 1.29 is 9.90 Å². The Morgan fingerprint density at radius 3 is 2.83 bits per heavy atom. The van der Waals surface area contributed by atoms with Gasteiger partial charge in [-0.25, -0.2) is 0 Å². The molecule has 3 nitrogen and oxygen atoms in total. The number of hydrogen-bond acceptors (Lipinski definition) is 3. The number of aromatic hydroxyl groups is 1. The summed E-state index contributed by atoms with van der Waals surface area (Å²) in [6, 6.07) is 5.32. The van der Waals surface area contributed by atoms with Gasteiger partial charge in [0, 0.05) is 40.9 Å². The van der Waals surface area contributed by atoms with Gasteiger partial charge in [0.15, 0.2) is 5.12 Å². The van der Waals surface area contributed by atoms with Gasteiger partial charge in [-0.15, -0.1) is 0 Å². The fraction of sp³-hybridized carbons (Fsp3) is 0.357. The maximum atomic E-state index is 12.1. The molecule has 0 amide bonds. The molecule has 3 rings (SSSR count). The molecule has 0 unspecified atom stereocenters. The molecule has 0 atom stereocenters. The molecule has 0 fully saturated rings. The molecule has 0 radical (unpaired) electrons. The van der Waals surface area contributed by atoms with Gasteiger partial charge in [-0.05, 0) is 23.9 Å². The summed E-state index contributed by atoms with van der Waals surface area (Å²) in [5, 5.41) is 10.9. The summed E-state index contributed by atoms with van der Waals surface area (Å²) in [6.07, 6.45) is 0.750. The number of rotatable bonds is 0. The number of aryl methyl sites for hydroxylation is 1. The quantitative estimate of drug-likeness (QED) is 0.792. The van der Waals surface area contributed by atoms with Crippen molar-refractivity contribution in [3.8, 4) is 5.75 Å². The molecule has 2 heterocycles. The molecule has 1 aliphatic rings. The minimum atomic E-state index is -0.318. The molecule has 0 saturated heterocycles. The fourth-order valence-corrected chi connectivity index (χ4v) is 3.62. The lowest BCUT2D eigenvalue weighted by Crippen LogP contribution is -2.28. The highest BCUT2D eigenvalue weighted by molar-refractivity contribution is 8.14. The average molecular weight is 261 g/mol. The fourth-order valence-electron chi connectivity index (χ4n) is 2.48. The number of phenols is 1. The Hall–Kier alpha value is -1.42. The van der Waals surface area contributed by atoms with E-state index in [4.69, 9.17) is 0 Å². The number of phenolic OH excluding ortho intramolecular Hbond substituents is 1. The standard InChI is InChI=1S/C14H15NO2S/c1-14(2)7-11-12(18-13(14)17)9-5-4-8(16)6-10(9)15(11)3/h4-6,16H,7H2,1-3H3. The highest BCUT2D eigenvalue weighted by Gasteiger charge is 2.37. The van der Waals surface area contributed by atoms with Crippen LogP contribution in [0.4, 0.5) is 0 Å². The van der Waals surface area contributed by atoms with Crippen molar-refractivity contribution in [2.75, 3.05) is 0 Å². The van der Waals surface area contributed by atoms with Crippen molar-refractivity contribution in [3.05, 3.63) is 23.9 Å². The van der Waals surface area contributed by atoms with E-state index in [1.807, 2.05) is 27.0 Å². The first-order valence-electron chi connectivity index (χ1n) is 5.93. The Kier molecular flexibility index (Phi) is 2.29. The van der Waals surface area contributed by atoms with Crippen molar-refractivity contribution in [3.63, 3.8) is 0 Å². The lowest BCUT2D eigenvalue weighted by molar-refractivity contribution is -0.118. The molecule has 0 bridgehead atoms. The summed E-state index contributed by atoms with van der Waals surface area (Å²) in [7, 11) is 1.99. The molecule has 1 N–H and O–H groups in total. The zero-order valence-corrected chi connectivity index (χ0v) is 11.5. The lowest BCUT2D eigenvalue weighted by Gasteiger charge is -2.27. The van der Waals surface area contributed by atoms with Gasteiger partial charge < -0.3 is 9.67 Å². The second-order valence-corrected chi connectivity index (χ2v) is 6.47. The van der Waals surface area contributed by atoms with Crippen LogP contribution in [0.5, 0.6) is 5.75 Å². The first-order valence-corrected chi connectivity index (χ1v) is 6.74. The maximum Gasteiger partial charge on any atom is 0.199 e. The van der Waals surface area contributed by atoms with Gasteiger partial charge in [0.25, 0.3) is 0 Å². The molecule has 1 aromatic heterocycles. The van der Waals surface area contributed by atoms with Crippen LogP contribution in [0.25, 0.3) is 10.9 Å². The van der Waals surface area contributed by atoms with E-state index in [9.17, 15) is 9.90 Å². The van der Waals surface area contributed by atoms with E-state index in [2.05, 4.69) is 4.57 Å². The Morgan fingerprint density at radius 1 is 1.39 bits per heavy atom. The smallest absolute Gasteiger partial charge is 0.199 e. The normalized spacial score (nSPS) is 18.1. The van der Waals surface area contributed by atoms with E-state index in [0.29, 0.717) is 0 Å². The maximum absolute atomic E-state index is 12.1. The minimum Gasteiger partial charge on any atom is -0.508 e. The molecule has 0 saturated carbocycles. The number of nitrogens with zero attached hydrogens (tertiary/aromatic N) is 1. The van der Waals surface area contributed by atoms with Gasteiger partial charge in [0.2, 0.25) is 0 Å². The monoisotopic (exact) mass is 261 g/mol. The number of hydrogen-bond donors (Lipinski definition) is 1. The number of fused-ring (bicyclic) bond motifs is 3. The molecule has 18 heavy (non-hydrogen) atoms. The van der Waals surface area contributed by atoms with Crippen LogP contribution < -0.4 is 0 Å². The zero-order valence-electron chi connectivity index (χ0n) is 10.7. The summed E-state index contributed by atoms with van der Waals surface area (Å²) in [6.45, 7) is 3.97. The third-order valence-electron chi connectivity index (χ3n) is 3.61. The lowest BCUT2D eigenvalue weighted by atomic mass is 9.89. The molecular formula is C14H15NO2S. The predicted octanol–water partition coefficient (Wildman–Crippen LogP) is 3.08. The van der Waals surface area contributed by atoms with Crippen LogP contribution in [0, 0.1) is 5.41 Å². The SMILES string of the molecule is Cn1c2c(c3ccc(O)cc31)SC(=O)C(C)(C)C2. The van der Waals surface area contributed by atoms with Crippen LogP contribution >= 0.6 is 11.8 Å². The number of benzene rings is 1. The van der Waals surface area contributed by atoms with Crippen molar-refractivity contribution >= 4 is 27.8 Å². The van der Waals surface area contributed by atoms with Gasteiger partial charge in [-0.2, -0.15) is 0 Å². The second kappa shape index (κ2) is 3.54. The molecule has 0 aliphatic carbocycles. The van der Waals surface area contributed by atoms with E-state index in [1.54, 1.807) is 12.1 Å². The summed E-state index contributed by atoms with van der Waals surface area (Å²) < 4.78 is 2.09. The molecule has 2 aromatic rings. The van der Waals surface area contributed by atoms with Gasteiger partial charge >= 0.3 is 0 Å². The summed E-state index contributed by atoms with van der Waals surface area (Å²) >= 11 is 1.33. The second-order valence-electron chi connectivity index (χ2n) is 5.49. The van der Waals surface area contributed by atoms with E-state index in [0.717, 1.165) is 22.2 Å². The zero-order chi connectivity index (χ0) is 13.1. The largest absolute Gasteiger partial charge is 0.508 e. The van der Waals surface area contributed by atoms with Crippen molar-refractivity contribution in [2.45, 2.75) is 25.2 Å². The van der Waals surface area contributed by atoms with E-state index < -0.39 is 0 Å². The van der Waals surface area contributed by atoms with E-state index in [-0.39, 0.29) is 16.3 Å². The Morgan fingerprint density at radius 2 is 2.11 bits per heavy atom. The number of carbonyl (C=O) groups is 1.